The van der Waals surface area contributed by atoms with Gasteiger partial charge < -0.3 is 5.32 Å². The first-order chi connectivity index (χ1) is 9.33. The topological polar surface area (TPSA) is 15.3 Å². The van der Waals surface area contributed by atoms with E-state index in [-0.39, 0.29) is 0 Å². The third-order valence-electron chi connectivity index (χ3n) is 6.82. The average Bonchev–Trinajstić information content (AvgIpc) is 2.91. The van der Waals surface area contributed by atoms with Gasteiger partial charge in [0.05, 0.1) is 0 Å². The van der Waals surface area contributed by atoms with Crippen molar-refractivity contribution < 1.29 is 0 Å². The molecule has 5 aliphatic rings. The lowest BCUT2D eigenvalue weighted by Gasteiger charge is -2.55. The highest BCUT2D eigenvalue weighted by atomic mass is 15.2. The number of likely N-dealkylation sites (N-methyl/N-ethyl adjacent to an activating group) is 1. The average molecular weight is 262 g/mol. The van der Waals surface area contributed by atoms with Crippen LogP contribution in [0.4, 0.5) is 0 Å². The molecule has 1 aliphatic heterocycles. The van der Waals surface area contributed by atoms with Crippen molar-refractivity contribution in [3.63, 3.8) is 0 Å². The van der Waals surface area contributed by atoms with Gasteiger partial charge in [-0.2, -0.15) is 0 Å². The van der Waals surface area contributed by atoms with Gasteiger partial charge in [-0.3, -0.25) is 4.90 Å². The second-order valence-electron chi connectivity index (χ2n) is 7.83. The molecule has 0 aromatic carbocycles. The standard InChI is InChI=1S/C17H30N2/c1-2-19(16-3-4-18-10-16)11-17-14-6-12-5-13(8-14)9-15(17)7-12/h12-18H,2-11H2,1H3. The molecule has 4 aliphatic carbocycles. The number of nitrogens with one attached hydrogen (secondary N) is 1. The molecule has 0 aromatic heterocycles. The predicted molar refractivity (Wildman–Crippen MR) is 79.1 cm³/mol. The SMILES string of the molecule is CCN(CC1C2CC3CC(C2)CC1C3)C1CCNC1. The third-order valence-corrected chi connectivity index (χ3v) is 6.82. The summed E-state index contributed by atoms with van der Waals surface area (Å²) in [7, 11) is 0. The minimum absolute atomic E-state index is 0.835. The van der Waals surface area contributed by atoms with Crippen LogP contribution in [0.1, 0.15) is 45.4 Å². The molecule has 1 heterocycles. The van der Waals surface area contributed by atoms with E-state index >= 15 is 0 Å². The van der Waals surface area contributed by atoms with E-state index in [0.29, 0.717) is 0 Å². The Balaban J connectivity index is 1.44. The number of rotatable bonds is 4. The predicted octanol–water partition coefficient (Wildman–Crippen LogP) is 2.74. The summed E-state index contributed by atoms with van der Waals surface area (Å²) < 4.78 is 0. The zero-order valence-electron chi connectivity index (χ0n) is 12.5. The molecule has 4 bridgehead atoms. The maximum absolute atomic E-state index is 3.55. The summed E-state index contributed by atoms with van der Waals surface area (Å²) in [5.41, 5.74) is 0. The van der Waals surface area contributed by atoms with Crippen molar-refractivity contribution >= 4 is 0 Å². The zero-order valence-corrected chi connectivity index (χ0v) is 12.5. The molecule has 5 fully saturated rings. The summed E-state index contributed by atoms with van der Waals surface area (Å²) in [6, 6.07) is 0.835. The van der Waals surface area contributed by atoms with Crippen molar-refractivity contribution in [1.82, 2.24) is 10.2 Å². The first-order valence-electron chi connectivity index (χ1n) is 8.78. The van der Waals surface area contributed by atoms with E-state index in [4.69, 9.17) is 0 Å². The largest absolute Gasteiger partial charge is 0.315 e. The summed E-state index contributed by atoms with van der Waals surface area (Å²) in [6.45, 7) is 7.52. The highest BCUT2D eigenvalue weighted by Crippen LogP contribution is 2.56. The van der Waals surface area contributed by atoms with Gasteiger partial charge in [-0.05, 0) is 81.2 Å². The van der Waals surface area contributed by atoms with Crippen molar-refractivity contribution in [2.45, 2.75) is 51.5 Å². The van der Waals surface area contributed by atoms with E-state index in [9.17, 15) is 0 Å². The fourth-order valence-electron chi connectivity index (χ4n) is 6.09. The van der Waals surface area contributed by atoms with Crippen molar-refractivity contribution in [3.05, 3.63) is 0 Å². The molecule has 4 saturated carbocycles. The van der Waals surface area contributed by atoms with Gasteiger partial charge in [-0.25, -0.2) is 0 Å². The second kappa shape index (κ2) is 5.04. The summed E-state index contributed by atoms with van der Waals surface area (Å²) in [4.78, 5) is 2.81. The van der Waals surface area contributed by atoms with Crippen LogP contribution in [0.3, 0.4) is 0 Å². The molecular weight excluding hydrogens is 232 g/mol. The highest BCUT2D eigenvalue weighted by Gasteiger charge is 2.48. The Morgan fingerprint density at radius 3 is 2.21 bits per heavy atom. The molecule has 0 radical (unpaired) electrons. The van der Waals surface area contributed by atoms with Crippen LogP contribution >= 0.6 is 0 Å². The molecule has 1 N–H and O–H groups in total. The summed E-state index contributed by atoms with van der Waals surface area (Å²) in [6.07, 6.45) is 9.29. The third kappa shape index (κ3) is 2.25. The van der Waals surface area contributed by atoms with Gasteiger partial charge in [0.2, 0.25) is 0 Å². The molecule has 1 unspecified atom stereocenters. The van der Waals surface area contributed by atoms with Crippen LogP contribution in [0.15, 0.2) is 0 Å². The van der Waals surface area contributed by atoms with Crippen molar-refractivity contribution in [1.29, 1.82) is 0 Å². The second-order valence-corrected chi connectivity index (χ2v) is 7.83. The van der Waals surface area contributed by atoms with Crippen LogP contribution in [0.25, 0.3) is 0 Å². The molecule has 1 atom stereocenters. The van der Waals surface area contributed by atoms with E-state index < -0.39 is 0 Å². The van der Waals surface area contributed by atoms with E-state index in [1.54, 1.807) is 32.1 Å². The number of hydrogen-bond acceptors (Lipinski definition) is 2. The molecular formula is C17H30N2. The summed E-state index contributed by atoms with van der Waals surface area (Å²) in [5.74, 6) is 5.50. The fraction of sp³-hybridized carbons (Fsp3) is 1.00. The normalized spacial score (nSPS) is 48.3. The highest BCUT2D eigenvalue weighted by molar-refractivity contribution is 4.99. The number of hydrogen-bond donors (Lipinski definition) is 1. The van der Waals surface area contributed by atoms with Crippen LogP contribution in [0.2, 0.25) is 0 Å². The maximum atomic E-state index is 3.55. The molecule has 0 amide bonds. The maximum Gasteiger partial charge on any atom is 0.0232 e. The monoisotopic (exact) mass is 262 g/mol. The first kappa shape index (κ1) is 12.6. The van der Waals surface area contributed by atoms with Crippen LogP contribution in [0.5, 0.6) is 0 Å². The first-order valence-corrected chi connectivity index (χ1v) is 8.78. The van der Waals surface area contributed by atoms with E-state index in [1.165, 1.54) is 32.6 Å². The summed E-state index contributed by atoms with van der Waals surface area (Å²) >= 11 is 0. The molecule has 108 valence electrons. The molecule has 2 nitrogen and oxygen atoms in total. The lowest BCUT2D eigenvalue weighted by molar-refractivity contribution is -0.0521. The van der Waals surface area contributed by atoms with E-state index in [0.717, 1.165) is 35.6 Å². The van der Waals surface area contributed by atoms with Crippen molar-refractivity contribution in [2.75, 3.05) is 26.2 Å². The van der Waals surface area contributed by atoms with Gasteiger partial charge in [0.25, 0.3) is 0 Å². The summed E-state index contributed by atoms with van der Waals surface area (Å²) in [5, 5.41) is 3.55. The minimum Gasteiger partial charge on any atom is -0.315 e. The lowest BCUT2D eigenvalue weighted by atomic mass is 9.52. The molecule has 1 saturated heterocycles. The van der Waals surface area contributed by atoms with Crippen LogP contribution < -0.4 is 5.32 Å². The van der Waals surface area contributed by atoms with Gasteiger partial charge in [-0.15, -0.1) is 0 Å². The molecule has 5 rings (SSSR count). The molecule has 0 aromatic rings. The Hall–Kier alpha value is -0.0800. The van der Waals surface area contributed by atoms with Crippen molar-refractivity contribution in [3.8, 4) is 0 Å². The van der Waals surface area contributed by atoms with Gasteiger partial charge in [0.1, 0.15) is 0 Å². The zero-order chi connectivity index (χ0) is 12.8. The van der Waals surface area contributed by atoms with Crippen LogP contribution in [0, 0.1) is 29.6 Å². The Bertz CT molecular complexity index is 293. The Labute approximate surface area is 118 Å². The minimum atomic E-state index is 0.835. The molecule has 0 spiro atoms. The van der Waals surface area contributed by atoms with Gasteiger partial charge in [0.15, 0.2) is 0 Å². The quantitative estimate of drug-likeness (QED) is 0.838. The smallest absolute Gasteiger partial charge is 0.0232 e. The Morgan fingerprint density at radius 2 is 1.68 bits per heavy atom. The number of nitrogens with zero attached hydrogens (tertiary/aromatic N) is 1. The molecule has 19 heavy (non-hydrogen) atoms. The fourth-order valence-corrected chi connectivity index (χ4v) is 6.09. The lowest BCUT2D eigenvalue weighted by Crippen LogP contribution is -2.51. The Morgan fingerprint density at radius 1 is 1.00 bits per heavy atom. The van der Waals surface area contributed by atoms with Gasteiger partial charge >= 0.3 is 0 Å². The Kier molecular flexibility index (Phi) is 3.35. The van der Waals surface area contributed by atoms with Gasteiger partial charge in [-0.1, -0.05) is 6.92 Å². The van der Waals surface area contributed by atoms with E-state index in [2.05, 4.69) is 17.1 Å². The van der Waals surface area contributed by atoms with Crippen molar-refractivity contribution in [2.24, 2.45) is 29.6 Å². The van der Waals surface area contributed by atoms with Crippen LogP contribution in [-0.4, -0.2) is 37.1 Å². The van der Waals surface area contributed by atoms with Crippen LogP contribution in [-0.2, 0) is 0 Å². The molecule has 2 heteroatoms. The van der Waals surface area contributed by atoms with E-state index in [1.807, 2.05) is 0 Å². The van der Waals surface area contributed by atoms with Gasteiger partial charge in [0, 0.05) is 19.1 Å².